The van der Waals surface area contributed by atoms with Gasteiger partial charge in [0.25, 0.3) is 0 Å². The van der Waals surface area contributed by atoms with E-state index >= 15 is 0 Å². The van der Waals surface area contributed by atoms with E-state index in [1.54, 1.807) is 12.1 Å². The van der Waals surface area contributed by atoms with Gasteiger partial charge in [0.05, 0.1) is 4.90 Å². The molecule has 5 heteroatoms. The second-order valence-corrected chi connectivity index (χ2v) is 7.98. The van der Waals surface area contributed by atoms with Crippen LogP contribution in [0.15, 0.2) is 53.4 Å². The van der Waals surface area contributed by atoms with Crippen LogP contribution >= 0.6 is 0 Å². The second-order valence-electron chi connectivity index (χ2n) is 5.85. The molecular formula is C19H26N2O2S. The minimum atomic E-state index is -3.50. The third kappa shape index (κ3) is 3.79. The molecule has 0 spiro atoms. The Morgan fingerprint density at radius 2 is 1.50 bits per heavy atom. The topological polar surface area (TPSA) is 63.4 Å². The Kier molecular flexibility index (Phi) is 6.02. The van der Waals surface area contributed by atoms with E-state index in [0.29, 0.717) is 4.90 Å². The maximum absolute atomic E-state index is 12.9. The third-order valence-electron chi connectivity index (χ3n) is 4.33. The van der Waals surface area contributed by atoms with Crippen molar-refractivity contribution in [3.63, 3.8) is 0 Å². The molecule has 4 nitrogen and oxygen atoms in total. The summed E-state index contributed by atoms with van der Waals surface area (Å²) in [6, 6.07) is 14.6. The van der Waals surface area contributed by atoms with E-state index in [9.17, 15) is 8.42 Å². The molecule has 0 fully saturated rings. The quantitative estimate of drug-likeness (QED) is 0.835. The fraction of sp³-hybridized carbons (Fsp3) is 0.368. The molecule has 2 rings (SSSR count). The van der Waals surface area contributed by atoms with Crippen molar-refractivity contribution in [2.75, 3.05) is 24.5 Å². The monoisotopic (exact) mass is 346 g/mol. The normalized spacial score (nSPS) is 12.8. The Hall–Kier alpha value is -1.85. The molecule has 2 aromatic carbocycles. The minimum absolute atomic E-state index is 0.0564. The van der Waals surface area contributed by atoms with E-state index in [0.717, 1.165) is 29.9 Å². The molecule has 0 saturated heterocycles. The van der Waals surface area contributed by atoms with Gasteiger partial charge in [-0.3, -0.25) is 0 Å². The zero-order valence-electron chi connectivity index (χ0n) is 14.6. The van der Waals surface area contributed by atoms with E-state index in [1.165, 1.54) is 0 Å². The highest BCUT2D eigenvalue weighted by Crippen LogP contribution is 2.29. The summed E-state index contributed by atoms with van der Waals surface area (Å²) in [5.74, 6) is 0. The fourth-order valence-electron chi connectivity index (χ4n) is 2.82. The second kappa shape index (κ2) is 7.81. The van der Waals surface area contributed by atoms with Crippen LogP contribution in [0.3, 0.4) is 0 Å². The van der Waals surface area contributed by atoms with E-state index in [1.807, 2.05) is 43.3 Å². The summed E-state index contributed by atoms with van der Waals surface area (Å²) in [5.41, 5.74) is 8.67. The van der Waals surface area contributed by atoms with Gasteiger partial charge in [-0.15, -0.1) is 0 Å². The standard InChI is InChI=1S/C19H26N2O2S/c1-4-21(5-2)17-10-8-16(9-11-17)19(14-20)24(22,23)18-12-6-15(3)7-13-18/h6-13,19H,4-5,14,20H2,1-3H3/t19-/m1/s1. The van der Waals surface area contributed by atoms with Gasteiger partial charge in [-0.1, -0.05) is 29.8 Å². The van der Waals surface area contributed by atoms with E-state index in [4.69, 9.17) is 5.73 Å². The first-order valence-electron chi connectivity index (χ1n) is 8.29. The number of aryl methyl sites for hydroxylation is 1. The summed E-state index contributed by atoms with van der Waals surface area (Å²) in [5, 5.41) is -0.731. The summed E-state index contributed by atoms with van der Waals surface area (Å²) < 4.78 is 25.8. The van der Waals surface area contributed by atoms with Gasteiger partial charge in [0.1, 0.15) is 5.25 Å². The fourth-order valence-corrected chi connectivity index (χ4v) is 4.44. The molecule has 0 saturated carbocycles. The van der Waals surface area contributed by atoms with Crippen LogP contribution < -0.4 is 10.6 Å². The van der Waals surface area contributed by atoms with Crippen molar-refractivity contribution in [3.05, 3.63) is 59.7 Å². The van der Waals surface area contributed by atoms with Crippen molar-refractivity contribution >= 4 is 15.5 Å². The van der Waals surface area contributed by atoms with Gasteiger partial charge in [-0.2, -0.15) is 0 Å². The first-order chi connectivity index (χ1) is 11.4. The lowest BCUT2D eigenvalue weighted by Crippen LogP contribution is -2.23. The van der Waals surface area contributed by atoms with Crippen LogP contribution in [0.4, 0.5) is 5.69 Å². The highest BCUT2D eigenvalue weighted by Gasteiger charge is 2.27. The summed E-state index contributed by atoms with van der Waals surface area (Å²) in [6.45, 7) is 8.02. The lowest BCUT2D eigenvalue weighted by atomic mass is 10.1. The van der Waals surface area contributed by atoms with Gasteiger partial charge in [0.2, 0.25) is 0 Å². The first-order valence-corrected chi connectivity index (χ1v) is 9.84. The predicted molar refractivity (Wildman–Crippen MR) is 100 cm³/mol. The average Bonchev–Trinajstić information content (AvgIpc) is 2.58. The molecule has 0 amide bonds. The highest BCUT2D eigenvalue weighted by atomic mass is 32.2. The Bertz CT molecular complexity index is 749. The lowest BCUT2D eigenvalue weighted by molar-refractivity contribution is 0.582. The number of hydrogen-bond acceptors (Lipinski definition) is 4. The van der Waals surface area contributed by atoms with Gasteiger partial charge in [0, 0.05) is 25.3 Å². The number of nitrogens with two attached hydrogens (primary N) is 1. The molecule has 2 N–H and O–H groups in total. The third-order valence-corrected chi connectivity index (χ3v) is 6.47. The van der Waals surface area contributed by atoms with Crippen LogP contribution in [-0.4, -0.2) is 28.1 Å². The lowest BCUT2D eigenvalue weighted by Gasteiger charge is -2.22. The van der Waals surface area contributed by atoms with Crippen molar-refractivity contribution in [3.8, 4) is 0 Å². The minimum Gasteiger partial charge on any atom is -0.372 e. The zero-order chi connectivity index (χ0) is 17.7. The Labute approximate surface area is 145 Å². The van der Waals surface area contributed by atoms with Crippen LogP contribution in [0.5, 0.6) is 0 Å². The van der Waals surface area contributed by atoms with Crippen LogP contribution in [0, 0.1) is 6.92 Å². The van der Waals surface area contributed by atoms with Gasteiger partial charge >= 0.3 is 0 Å². The molecule has 0 aromatic heterocycles. The molecule has 1 atom stereocenters. The number of hydrogen-bond donors (Lipinski definition) is 1. The number of nitrogens with zero attached hydrogens (tertiary/aromatic N) is 1. The maximum atomic E-state index is 12.9. The molecule has 0 unspecified atom stereocenters. The zero-order valence-corrected chi connectivity index (χ0v) is 15.4. The van der Waals surface area contributed by atoms with Gasteiger partial charge < -0.3 is 10.6 Å². The predicted octanol–water partition coefficient (Wildman–Crippen LogP) is 3.31. The van der Waals surface area contributed by atoms with Crippen molar-refractivity contribution in [2.45, 2.75) is 30.9 Å². The molecule has 0 aliphatic carbocycles. The van der Waals surface area contributed by atoms with Gasteiger partial charge in [-0.25, -0.2) is 8.42 Å². The highest BCUT2D eigenvalue weighted by molar-refractivity contribution is 7.91. The number of sulfone groups is 1. The van der Waals surface area contributed by atoms with E-state index in [2.05, 4.69) is 18.7 Å². The van der Waals surface area contributed by atoms with Crippen molar-refractivity contribution in [2.24, 2.45) is 5.73 Å². The van der Waals surface area contributed by atoms with E-state index in [-0.39, 0.29) is 6.54 Å². The van der Waals surface area contributed by atoms with Gasteiger partial charge in [-0.05, 0) is 50.6 Å². The van der Waals surface area contributed by atoms with Crippen molar-refractivity contribution in [1.82, 2.24) is 0 Å². The molecule has 0 heterocycles. The molecular weight excluding hydrogens is 320 g/mol. The molecule has 0 bridgehead atoms. The SMILES string of the molecule is CCN(CC)c1ccc([C@@H](CN)S(=O)(=O)c2ccc(C)cc2)cc1. The van der Waals surface area contributed by atoms with E-state index < -0.39 is 15.1 Å². The number of anilines is 1. The van der Waals surface area contributed by atoms with Crippen LogP contribution in [0.1, 0.15) is 30.2 Å². The summed E-state index contributed by atoms with van der Waals surface area (Å²) in [7, 11) is -3.50. The molecule has 0 radical (unpaired) electrons. The Morgan fingerprint density at radius 3 is 1.96 bits per heavy atom. The van der Waals surface area contributed by atoms with Crippen molar-refractivity contribution in [1.29, 1.82) is 0 Å². The summed E-state index contributed by atoms with van der Waals surface area (Å²) >= 11 is 0. The first kappa shape index (κ1) is 18.5. The molecule has 0 aliphatic rings. The summed E-state index contributed by atoms with van der Waals surface area (Å²) in [6.07, 6.45) is 0. The Morgan fingerprint density at radius 1 is 0.958 bits per heavy atom. The van der Waals surface area contributed by atoms with Crippen molar-refractivity contribution < 1.29 is 8.42 Å². The van der Waals surface area contributed by atoms with Crippen LogP contribution in [-0.2, 0) is 9.84 Å². The smallest absolute Gasteiger partial charge is 0.186 e. The largest absolute Gasteiger partial charge is 0.372 e. The number of rotatable bonds is 7. The summed E-state index contributed by atoms with van der Waals surface area (Å²) in [4.78, 5) is 2.53. The molecule has 0 aliphatic heterocycles. The van der Waals surface area contributed by atoms with Gasteiger partial charge in [0.15, 0.2) is 9.84 Å². The average molecular weight is 346 g/mol. The Balaban J connectivity index is 2.35. The maximum Gasteiger partial charge on any atom is 0.186 e. The van der Waals surface area contributed by atoms with Crippen LogP contribution in [0.2, 0.25) is 0 Å². The molecule has 130 valence electrons. The molecule has 24 heavy (non-hydrogen) atoms. The van der Waals surface area contributed by atoms with Crippen LogP contribution in [0.25, 0.3) is 0 Å². The number of benzene rings is 2. The molecule has 2 aromatic rings.